The van der Waals surface area contributed by atoms with Crippen LogP contribution in [0.3, 0.4) is 0 Å². The van der Waals surface area contributed by atoms with Gasteiger partial charge in [-0.2, -0.15) is 0 Å². The number of carbonyl (C=O) groups excluding carboxylic acids is 1. The van der Waals surface area contributed by atoms with Crippen LogP contribution in [0.1, 0.15) is 36.2 Å². The highest BCUT2D eigenvalue weighted by Gasteiger charge is 2.18. The Bertz CT molecular complexity index is 401. The van der Waals surface area contributed by atoms with Gasteiger partial charge in [0, 0.05) is 12.0 Å². The molecule has 0 saturated heterocycles. The van der Waals surface area contributed by atoms with Crippen LogP contribution < -0.4 is 0 Å². The first kappa shape index (κ1) is 13.7. The number of rotatable bonds is 5. The van der Waals surface area contributed by atoms with E-state index >= 15 is 0 Å². The zero-order chi connectivity index (χ0) is 13.0. The number of ketones is 1. The van der Waals surface area contributed by atoms with E-state index < -0.39 is 6.10 Å². The lowest BCUT2D eigenvalue weighted by molar-refractivity contribution is 0.0744. The van der Waals surface area contributed by atoms with Crippen LogP contribution in [0.5, 0.6) is 0 Å². The highest BCUT2D eigenvalue weighted by Crippen LogP contribution is 2.16. The first-order chi connectivity index (χ1) is 7.91. The molecule has 0 aliphatic heterocycles. The van der Waals surface area contributed by atoms with E-state index in [2.05, 4.69) is 6.58 Å². The molecule has 2 nitrogen and oxygen atoms in total. The fourth-order valence-electron chi connectivity index (χ4n) is 1.49. The molecule has 0 amide bonds. The number of aliphatic hydroxyl groups is 1. The molecule has 1 aromatic carbocycles. The van der Waals surface area contributed by atoms with Crippen molar-refractivity contribution < 1.29 is 9.90 Å². The molecule has 0 unspecified atom stereocenters. The quantitative estimate of drug-likeness (QED) is 0.625. The van der Waals surface area contributed by atoms with Crippen LogP contribution in [0.25, 0.3) is 0 Å². The van der Waals surface area contributed by atoms with Crippen molar-refractivity contribution in [2.75, 3.05) is 0 Å². The van der Waals surface area contributed by atoms with Gasteiger partial charge < -0.3 is 5.11 Å². The van der Waals surface area contributed by atoms with Gasteiger partial charge in [-0.3, -0.25) is 4.79 Å². The standard InChI is InChI=1S/C15H20O2/c1-10(2)12(4)9-14(16)15(17)13-7-5-11(3)6-8-13/h5-8,10,14,16H,4,9H2,1-3H3/t14-/m1/s1. The van der Waals surface area contributed by atoms with Crippen molar-refractivity contribution in [3.8, 4) is 0 Å². The molecule has 1 aromatic rings. The summed E-state index contributed by atoms with van der Waals surface area (Å²) in [5, 5.41) is 9.85. The summed E-state index contributed by atoms with van der Waals surface area (Å²) in [5.74, 6) is 0.0577. The van der Waals surface area contributed by atoms with E-state index in [1.54, 1.807) is 12.1 Å². The molecule has 0 fully saturated rings. The normalized spacial score (nSPS) is 12.5. The Kier molecular flexibility index (Phi) is 4.64. The SMILES string of the molecule is C=C(C[C@@H](O)C(=O)c1ccc(C)cc1)C(C)C. The summed E-state index contributed by atoms with van der Waals surface area (Å²) in [7, 11) is 0. The van der Waals surface area contributed by atoms with E-state index in [0.717, 1.165) is 11.1 Å². The summed E-state index contributed by atoms with van der Waals surface area (Å²) in [5.41, 5.74) is 2.56. The van der Waals surface area contributed by atoms with Crippen molar-refractivity contribution >= 4 is 5.78 Å². The molecule has 17 heavy (non-hydrogen) atoms. The van der Waals surface area contributed by atoms with E-state index in [1.807, 2.05) is 32.9 Å². The summed E-state index contributed by atoms with van der Waals surface area (Å²) in [6.45, 7) is 9.85. The van der Waals surface area contributed by atoms with Gasteiger partial charge in [0.15, 0.2) is 5.78 Å². The average molecular weight is 232 g/mol. The smallest absolute Gasteiger partial charge is 0.191 e. The maximum atomic E-state index is 11.9. The number of aryl methyl sites for hydroxylation is 1. The van der Waals surface area contributed by atoms with E-state index in [9.17, 15) is 9.90 Å². The Morgan fingerprint density at radius 3 is 2.29 bits per heavy atom. The molecule has 2 heteroatoms. The molecular weight excluding hydrogens is 212 g/mol. The van der Waals surface area contributed by atoms with Crippen molar-refractivity contribution in [2.24, 2.45) is 5.92 Å². The molecule has 0 bridgehead atoms. The highest BCUT2D eigenvalue weighted by molar-refractivity contribution is 5.99. The maximum Gasteiger partial charge on any atom is 0.191 e. The second-order valence-corrected chi connectivity index (χ2v) is 4.76. The summed E-state index contributed by atoms with van der Waals surface area (Å²) in [4.78, 5) is 11.9. The van der Waals surface area contributed by atoms with E-state index in [4.69, 9.17) is 0 Å². The molecule has 0 aromatic heterocycles. The Labute approximate surface area is 103 Å². The first-order valence-electron chi connectivity index (χ1n) is 5.88. The van der Waals surface area contributed by atoms with Crippen LogP contribution >= 0.6 is 0 Å². The lowest BCUT2D eigenvalue weighted by Gasteiger charge is -2.14. The van der Waals surface area contributed by atoms with Gasteiger partial charge in [0.25, 0.3) is 0 Å². The minimum absolute atomic E-state index is 0.230. The largest absolute Gasteiger partial charge is 0.385 e. The number of hydrogen-bond acceptors (Lipinski definition) is 2. The molecule has 1 rings (SSSR count). The third kappa shape index (κ3) is 3.82. The minimum atomic E-state index is -0.979. The lowest BCUT2D eigenvalue weighted by atomic mass is 9.95. The molecule has 0 saturated carbocycles. The van der Waals surface area contributed by atoms with Crippen molar-refractivity contribution in [1.29, 1.82) is 0 Å². The minimum Gasteiger partial charge on any atom is -0.385 e. The van der Waals surface area contributed by atoms with Crippen LogP contribution in [-0.2, 0) is 0 Å². The first-order valence-corrected chi connectivity index (χ1v) is 5.88. The van der Waals surface area contributed by atoms with E-state index in [0.29, 0.717) is 12.0 Å². The zero-order valence-electron chi connectivity index (χ0n) is 10.7. The summed E-state index contributed by atoms with van der Waals surface area (Å²) in [6, 6.07) is 7.24. The van der Waals surface area contributed by atoms with Gasteiger partial charge >= 0.3 is 0 Å². The van der Waals surface area contributed by atoms with Gasteiger partial charge in [0.05, 0.1) is 0 Å². The predicted octanol–water partition coefficient (Wildman–Crippen LogP) is 3.14. The molecule has 92 valence electrons. The number of Topliss-reactive ketones (excluding diaryl/α,β-unsaturated/α-hetero) is 1. The fraction of sp³-hybridized carbons (Fsp3) is 0.400. The summed E-state index contributed by atoms with van der Waals surface area (Å²) in [6.07, 6.45) is -0.641. The van der Waals surface area contributed by atoms with Crippen LogP contribution in [0, 0.1) is 12.8 Å². The third-order valence-electron chi connectivity index (χ3n) is 2.91. The Morgan fingerprint density at radius 2 is 1.82 bits per heavy atom. The van der Waals surface area contributed by atoms with Gasteiger partial charge in [-0.1, -0.05) is 55.8 Å². The molecule has 0 aliphatic carbocycles. The molecule has 0 heterocycles. The molecule has 0 aliphatic rings. The molecule has 1 atom stereocenters. The number of carbonyl (C=O) groups is 1. The molecule has 0 spiro atoms. The Morgan fingerprint density at radius 1 is 1.29 bits per heavy atom. The van der Waals surface area contributed by atoms with Gasteiger partial charge in [-0.25, -0.2) is 0 Å². The fourth-order valence-corrected chi connectivity index (χ4v) is 1.49. The average Bonchev–Trinajstić information content (AvgIpc) is 2.28. The van der Waals surface area contributed by atoms with Gasteiger partial charge in [0.1, 0.15) is 6.10 Å². The highest BCUT2D eigenvalue weighted by atomic mass is 16.3. The summed E-state index contributed by atoms with van der Waals surface area (Å²) >= 11 is 0. The van der Waals surface area contributed by atoms with Crippen molar-refractivity contribution in [2.45, 2.75) is 33.3 Å². The lowest BCUT2D eigenvalue weighted by Crippen LogP contribution is -2.21. The summed E-state index contributed by atoms with van der Waals surface area (Å²) < 4.78 is 0. The van der Waals surface area contributed by atoms with Crippen molar-refractivity contribution in [3.63, 3.8) is 0 Å². The second kappa shape index (κ2) is 5.78. The predicted molar refractivity (Wildman–Crippen MR) is 70.1 cm³/mol. The number of benzene rings is 1. The molecule has 0 radical (unpaired) electrons. The Hall–Kier alpha value is -1.41. The van der Waals surface area contributed by atoms with Gasteiger partial charge in [0.2, 0.25) is 0 Å². The zero-order valence-corrected chi connectivity index (χ0v) is 10.7. The van der Waals surface area contributed by atoms with E-state index in [-0.39, 0.29) is 11.7 Å². The van der Waals surface area contributed by atoms with Gasteiger partial charge in [-0.15, -0.1) is 0 Å². The molecule has 1 N–H and O–H groups in total. The van der Waals surface area contributed by atoms with Crippen LogP contribution in [-0.4, -0.2) is 17.0 Å². The molecular formula is C15H20O2. The number of aliphatic hydroxyl groups excluding tert-OH is 1. The topological polar surface area (TPSA) is 37.3 Å². The van der Waals surface area contributed by atoms with Gasteiger partial charge in [-0.05, 0) is 12.8 Å². The van der Waals surface area contributed by atoms with Crippen molar-refractivity contribution in [3.05, 3.63) is 47.5 Å². The van der Waals surface area contributed by atoms with Crippen LogP contribution in [0.2, 0.25) is 0 Å². The van der Waals surface area contributed by atoms with Crippen LogP contribution in [0.4, 0.5) is 0 Å². The van der Waals surface area contributed by atoms with Crippen LogP contribution in [0.15, 0.2) is 36.4 Å². The van der Waals surface area contributed by atoms with E-state index in [1.165, 1.54) is 0 Å². The number of hydrogen-bond donors (Lipinski definition) is 1. The third-order valence-corrected chi connectivity index (χ3v) is 2.91. The Balaban J connectivity index is 2.70. The van der Waals surface area contributed by atoms with Crippen molar-refractivity contribution in [1.82, 2.24) is 0 Å². The maximum absolute atomic E-state index is 11.9. The second-order valence-electron chi connectivity index (χ2n) is 4.76. The monoisotopic (exact) mass is 232 g/mol.